The number of aryl methyl sites for hydroxylation is 1. The predicted octanol–water partition coefficient (Wildman–Crippen LogP) is 3.61. The second-order valence-electron chi connectivity index (χ2n) is 6.00. The highest BCUT2D eigenvalue weighted by molar-refractivity contribution is 5.83. The summed E-state index contributed by atoms with van der Waals surface area (Å²) in [5.74, 6) is 0. The minimum atomic E-state index is 0.335. The van der Waals surface area contributed by atoms with Crippen molar-refractivity contribution in [1.82, 2.24) is 10.3 Å². The van der Waals surface area contributed by atoms with Crippen LogP contribution in [-0.4, -0.2) is 11.5 Å². The van der Waals surface area contributed by atoms with Gasteiger partial charge >= 0.3 is 0 Å². The molecule has 1 aromatic heterocycles. The van der Waals surface area contributed by atoms with Gasteiger partial charge in [0.25, 0.3) is 0 Å². The number of fused-ring (bicyclic) bond motifs is 1. The maximum atomic E-state index is 3.49. The van der Waals surface area contributed by atoms with Crippen molar-refractivity contribution in [3.8, 4) is 0 Å². The van der Waals surface area contributed by atoms with Crippen molar-refractivity contribution in [2.24, 2.45) is 5.41 Å². The molecule has 0 unspecified atom stereocenters. The van der Waals surface area contributed by atoms with Gasteiger partial charge in [0.15, 0.2) is 0 Å². The van der Waals surface area contributed by atoms with Crippen molar-refractivity contribution in [3.05, 3.63) is 35.5 Å². The average Bonchev–Trinajstić information content (AvgIpc) is 2.60. The molecule has 0 saturated heterocycles. The van der Waals surface area contributed by atoms with Crippen LogP contribution < -0.4 is 5.32 Å². The highest BCUT2D eigenvalue weighted by Gasteiger charge is 2.09. The first-order chi connectivity index (χ1) is 7.96. The van der Waals surface area contributed by atoms with E-state index >= 15 is 0 Å². The second-order valence-corrected chi connectivity index (χ2v) is 6.00. The number of hydrogen-bond acceptors (Lipinski definition) is 1. The molecule has 0 aliphatic rings. The number of nitrogens with one attached hydrogen (secondary N) is 2. The predicted molar refractivity (Wildman–Crippen MR) is 74.2 cm³/mol. The van der Waals surface area contributed by atoms with E-state index in [-0.39, 0.29) is 0 Å². The Kier molecular flexibility index (Phi) is 3.25. The van der Waals surface area contributed by atoms with Crippen LogP contribution in [0.25, 0.3) is 10.9 Å². The van der Waals surface area contributed by atoms with E-state index in [0.29, 0.717) is 5.41 Å². The molecule has 0 atom stereocenters. The van der Waals surface area contributed by atoms with Gasteiger partial charge in [0.1, 0.15) is 0 Å². The van der Waals surface area contributed by atoms with Crippen LogP contribution in [0.5, 0.6) is 0 Å². The Hall–Kier alpha value is -1.28. The normalized spacial score (nSPS) is 12.2. The molecule has 17 heavy (non-hydrogen) atoms. The first-order valence-electron chi connectivity index (χ1n) is 6.24. The number of H-pyrrole nitrogens is 1. The molecule has 0 fully saturated rings. The van der Waals surface area contributed by atoms with Crippen molar-refractivity contribution < 1.29 is 0 Å². The number of aromatic nitrogens is 1. The van der Waals surface area contributed by atoms with Crippen LogP contribution in [0.15, 0.2) is 24.3 Å². The summed E-state index contributed by atoms with van der Waals surface area (Å²) < 4.78 is 0. The van der Waals surface area contributed by atoms with E-state index in [1.165, 1.54) is 22.2 Å². The lowest BCUT2D eigenvalue weighted by molar-refractivity contribution is 0.378. The fraction of sp³-hybridized carbons (Fsp3) is 0.467. The fourth-order valence-corrected chi connectivity index (χ4v) is 2.03. The lowest BCUT2D eigenvalue weighted by Gasteiger charge is -2.18. The molecule has 1 aromatic carbocycles. The Bertz CT molecular complexity index is 503. The summed E-state index contributed by atoms with van der Waals surface area (Å²) in [5.41, 5.74) is 4.17. The van der Waals surface area contributed by atoms with Gasteiger partial charge in [-0.15, -0.1) is 0 Å². The van der Waals surface area contributed by atoms with E-state index in [9.17, 15) is 0 Å². The molecular formula is C15H22N2. The molecule has 0 radical (unpaired) electrons. The van der Waals surface area contributed by atoms with Crippen LogP contribution >= 0.6 is 0 Å². The first kappa shape index (κ1) is 12.2. The van der Waals surface area contributed by atoms with Crippen molar-refractivity contribution in [2.45, 2.75) is 34.2 Å². The van der Waals surface area contributed by atoms with E-state index in [1.807, 2.05) is 0 Å². The minimum Gasteiger partial charge on any atom is -0.357 e. The van der Waals surface area contributed by atoms with Gasteiger partial charge in [-0.2, -0.15) is 0 Å². The molecule has 2 heteroatoms. The largest absolute Gasteiger partial charge is 0.357 e. The monoisotopic (exact) mass is 230 g/mol. The van der Waals surface area contributed by atoms with Crippen molar-refractivity contribution in [2.75, 3.05) is 6.54 Å². The van der Waals surface area contributed by atoms with E-state index < -0.39 is 0 Å². The van der Waals surface area contributed by atoms with E-state index in [4.69, 9.17) is 0 Å². The molecule has 1 heterocycles. The van der Waals surface area contributed by atoms with Crippen LogP contribution in [0, 0.1) is 12.3 Å². The molecule has 0 aliphatic carbocycles. The number of rotatable bonds is 3. The lowest BCUT2D eigenvalue weighted by Crippen LogP contribution is -2.26. The van der Waals surface area contributed by atoms with Crippen LogP contribution in [0.1, 0.15) is 32.0 Å². The summed E-state index contributed by atoms with van der Waals surface area (Å²) in [6.07, 6.45) is 0. The molecule has 0 bridgehead atoms. The summed E-state index contributed by atoms with van der Waals surface area (Å²) in [5, 5.41) is 4.79. The number of para-hydroxylation sites is 1. The highest BCUT2D eigenvalue weighted by atomic mass is 14.9. The maximum absolute atomic E-state index is 3.49. The van der Waals surface area contributed by atoms with Crippen LogP contribution in [0.2, 0.25) is 0 Å². The second kappa shape index (κ2) is 4.53. The molecule has 2 aromatic rings. The van der Waals surface area contributed by atoms with E-state index in [0.717, 1.165) is 13.1 Å². The zero-order chi connectivity index (χ0) is 12.5. The third-order valence-electron chi connectivity index (χ3n) is 2.89. The standard InChI is InChI=1S/C15H22N2/c1-11-6-5-7-12-8-13(17-14(11)12)9-16-10-15(2,3)4/h5-8,16-17H,9-10H2,1-4H3. The Labute approximate surface area is 103 Å². The van der Waals surface area contributed by atoms with Gasteiger partial charge in [-0.05, 0) is 29.4 Å². The lowest BCUT2D eigenvalue weighted by atomic mass is 9.97. The molecule has 0 aliphatic heterocycles. The Balaban J connectivity index is 2.07. The Morgan fingerprint density at radius 1 is 1.24 bits per heavy atom. The summed E-state index contributed by atoms with van der Waals surface area (Å²) >= 11 is 0. The third kappa shape index (κ3) is 3.10. The average molecular weight is 230 g/mol. The molecule has 0 spiro atoms. The quantitative estimate of drug-likeness (QED) is 0.828. The molecule has 0 saturated carbocycles. The molecule has 2 nitrogen and oxygen atoms in total. The number of benzene rings is 1. The SMILES string of the molecule is Cc1cccc2cc(CNCC(C)(C)C)[nH]c12. The van der Waals surface area contributed by atoms with Crippen LogP contribution in [0.4, 0.5) is 0 Å². The van der Waals surface area contributed by atoms with Crippen LogP contribution in [0.3, 0.4) is 0 Å². The van der Waals surface area contributed by atoms with Crippen molar-refractivity contribution in [1.29, 1.82) is 0 Å². The fourth-order valence-electron chi connectivity index (χ4n) is 2.03. The highest BCUT2D eigenvalue weighted by Crippen LogP contribution is 2.19. The van der Waals surface area contributed by atoms with Gasteiger partial charge in [0.2, 0.25) is 0 Å². The summed E-state index contributed by atoms with van der Waals surface area (Å²) in [7, 11) is 0. The summed E-state index contributed by atoms with van der Waals surface area (Å²) in [6, 6.07) is 8.65. The third-order valence-corrected chi connectivity index (χ3v) is 2.89. The molecule has 0 amide bonds. The number of hydrogen-bond donors (Lipinski definition) is 2. The van der Waals surface area contributed by atoms with Gasteiger partial charge < -0.3 is 10.3 Å². The molecule has 2 rings (SSSR count). The summed E-state index contributed by atoms with van der Waals surface area (Å²) in [6.45, 7) is 10.8. The van der Waals surface area contributed by atoms with Gasteiger partial charge in [-0.1, -0.05) is 39.0 Å². The topological polar surface area (TPSA) is 27.8 Å². The molecular weight excluding hydrogens is 208 g/mol. The van der Waals surface area contributed by atoms with Gasteiger partial charge in [-0.25, -0.2) is 0 Å². The Morgan fingerprint density at radius 3 is 2.65 bits per heavy atom. The zero-order valence-corrected chi connectivity index (χ0v) is 11.2. The first-order valence-corrected chi connectivity index (χ1v) is 6.24. The van der Waals surface area contributed by atoms with Gasteiger partial charge in [0, 0.05) is 24.3 Å². The smallest absolute Gasteiger partial charge is 0.0486 e. The van der Waals surface area contributed by atoms with Crippen LogP contribution in [-0.2, 0) is 6.54 Å². The molecule has 92 valence electrons. The van der Waals surface area contributed by atoms with Crippen molar-refractivity contribution >= 4 is 10.9 Å². The molecule has 2 N–H and O–H groups in total. The maximum Gasteiger partial charge on any atom is 0.0486 e. The summed E-state index contributed by atoms with van der Waals surface area (Å²) in [4.78, 5) is 3.49. The van der Waals surface area contributed by atoms with E-state index in [2.05, 4.69) is 62.3 Å². The Morgan fingerprint density at radius 2 is 2.00 bits per heavy atom. The number of aromatic amines is 1. The van der Waals surface area contributed by atoms with Gasteiger partial charge in [0.05, 0.1) is 0 Å². The van der Waals surface area contributed by atoms with Crippen molar-refractivity contribution in [3.63, 3.8) is 0 Å². The van der Waals surface area contributed by atoms with E-state index in [1.54, 1.807) is 0 Å². The zero-order valence-electron chi connectivity index (χ0n) is 11.2. The van der Waals surface area contributed by atoms with Gasteiger partial charge in [-0.3, -0.25) is 0 Å². The minimum absolute atomic E-state index is 0.335.